The molecule has 0 unspecified atom stereocenters. The zero-order valence-electron chi connectivity index (χ0n) is 27.2. The van der Waals surface area contributed by atoms with Gasteiger partial charge in [0.25, 0.3) is 11.8 Å². The van der Waals surface area contributed by atoms with Gasteiger partial charge in [-0.15, -0.1) is 11.3 Å². The van der Waals surface area contributed by atoms with Gasteiger partial charge in [-0.25, -0.2) is 14.8 Å². The number of aryl methyl sites for hydroxylation is 1. The summed E-state index contributed by atoms with van der Waals surface area (Å²) in [6.45, 7) is 9.23. The Hall–Kier alpha value is -4.87. The number of hydrogen-bond donors (Lipinski definition) is 1. The highest BCUT2D eigenvalue weighted by Gasteiger charge is 2.45. The van der Waals surface area contributed by atoms with E-state index >= 15 is 0 Å². The predicted octanol–water partition coefficient (Wildman–Crippen LogP) is 6.67. The minimum absolute atomic E-state index is 0.201. The molecule has 48 heavy (non-hydrogen) atoms. The molecule has 3 aliphatic rings. The van der Waals surface area contributed by atoms with E-state index in [-0.39, 0.29) is 23.2 Å². The maximum Gasteiger partial charge on any atom is 0.348 e. The summed E-state index contributed by atoms with van der Waals surface area (Å²) in [6, 6.07) is 19.5. The number of ether oxygens (including phenoxy) is 2. The molecule has 2 aromatic carbocycles. The Bertz CT molecular complexity index is 1910. The van der Waals surface area contributed by atoms with Gasteiger partial charge in [-0.3, -0.25) is 14.5 Å². The summed E-state index contributed by atoms with van der Waals surface area (Å²) in [7, 11) is 0. The van der Waals surface area contributed by atoms with E-state index in [0.29, 0.717) is 51.2 Å². The van der Waals surface area contributed by atoms with E-state index in [4.69, 9.17) is 14.5 Å². The molecule has 246 valence electrons. The zero-order chi connectivity index (χ0) is 33.4. The molecule has 2 amide bonds. The van der Waals surface area contributed by atoms with Crippen LogP contribution < -0.4 is 15.1 Å². The van der Waals surface area contributed by atoms with Crippen LogP contribution in [0.25, 0.3) is 0 Å². The molecular weight excluding hydrogens is 627 g/mol. The topological polar surface area (TPSA) is 113 Å². The number of anilines is 3. The molecule has 0 aliphatic carbocycles. The number of nitrogens with one attached hydrogen (secondary N) is 1. The van der Waals surface area contributed by atoms with Gasteiger partial charge in [0.1, 0.15) is 10.7 Å². The summed E-state index contributed by atoms with van der Waals surface area (Å²) in [4.78, 5) is 54.8. The largest absolute Gasteiger partial charge is 0.462 e. The second kappa shape index (κ2) is 13.0. The standard InChI is InChI=1S/C37H37N5O5S/c1-4-47-36(45)31-14-13-30(48-31)32-24(3)42(29-8-6-5-7-28(29)40-32)35(44)25-9-11-26(12-10-25)39-34(43)27-19-23(2)20-38-33(27)41-21-37(22-41)15-17-46-18-16-37/h5-14,19-20,24H,4,15-18,21-22H2,1-3H3,(H,39,43)/t24-/m1/s1. The van der Waals surface area contributed by atoms with Crippen molar-refractivity contribution in [2.24, 2.45) is 10.4 Å². The highest BCUT2D eigenvalue weighted by atomic mass is 32.1. The molecular formula is C37H37N5O5S. The van der Waals surface area contributed by atoms with E-state index in [1.165, 1.54) is 11.3 Å². The number of carbonyl (C=O) groups excluding carboxylic acids is 3. The quantitative estimate of drug-likeness (QED) is 0.220. The third-order valence-electron chi connectivity index (χ3n) is 9.26. The number of benzene rings is 2. The Balaban J connectivity index is 1.09. The molecule has 10 nitrogen and oxygen atoms in total. The van der Waals surface area contributed by atoms with E-state index < -0.39 is 6.04 Å². The van der Waals surface area contributed by atoms with E-state index in [1.807, 2.05) is 50.2 Å². The first-order chi connectivity index (χ1) is 23.2. The molecule has 0 saturated carbocycles. The summed E-state index contributed by atoms with van der Waals surface area (Å²) in [6.07, 6.45) is 3.86. The van der Waals surface area contributed by atoms with Gasteiger partial charge in [0.15, 0.2) is 0 Å². The lowest BCUT2D eigenvalue weighted by atomic mass is 9.73. The van der Waals surface area contributed by atoms with Crippen LogP contribution in [-0.2, 0) is 9.47 Å². The van der Waals surface area contributed by atoms with Crippen LogP contribution in [0.1, 0.15) is 67.5 Å². The minimum atomic E-state index is -0.408. The van der Waals surface area contributed by atoms with Gasteiger partial charge in [0.2, 0.25) is 0 Å². The minimum Gasteiger partial charge on any atom is -0.462 e. The monoisotopic (exact) mass is 663 g/mol. The molecule has 1 atom stereocenters. The van der Waals surface area contributed by atoms with E-state index in [2.05, 4.69) is 15.2 Å². The van der Waals surface area contributed by atoms with Gasteiger partial charge >= 0.3 is 5.97 Å². The van der Waals surface area contributed by atoms with Gasteiger partial charge in [-0.05, 0) is 93.8 Å². The van der Waals surface area contributed by atoms with Gasteiger partial charge in [-0.2, -0.15) is 0 Å². The van der Waals surface area contributed by atoms with Crippen molar-refractivity contribution in [2.45, 2.75) is 39.7 Å². The fraction of sp³-hybridized carbons (Fsp3) is 0.324. The molecule has 2 fully saturated rings. The van der Waals surface area contributed by atoms with Crippen LogP contribution in [0.15, 0.2) is 77.9 Å². The second-order valence-electron chi connectivity index (χ2n) is 12.6. The zero-order valence-corrected chi connectivity index (χ0v) is 28.0. The number of aliphatic imine (C=N–C) groups is 1. The number of amides is 2. The molecule has 1 spiro atoms. The summed E-state index contributed by atoms with van der Waals surface area (Å²) in [5.41, 5.74) is 4.79. The van der Waals surface area contributed by atoms with Crippen LogP contribution in [-0.4, -0.2) is 67.4 Å². The number of aromatic nitrogens is 1. The first-order valence-electron chi connectivity index (χ1n) is 16.2. The molecule has 5 heterocycles. The van der Waals surface area contributed by atoms with Gasteiger partial charge in [-0.1, -0.05) is 12.1 Å². The number of rotatable bonds is 7. The molecule has 7 rings (SSSR count). The van der Waals surface area contributed by atoms with Crippen molar-refractivity contribution < 1.29 is 23.9 Å². The van der Waals surface area contributed by atoms with E-state index in [0.717, 1.165) is 49.6 Å². The Morgan fingerprint density at radius 3 is 2.54 bits per heavy atom. The lowest BCUT2D eigenvalue weighted by Gasteiger charge is -2.53. The average Bonchev–Trinajstić information content (AvgIpc) is 3.58. The van der Waals surface area contributed by atoms with Gasteiger partial charge in [0, 0.05) is 49.2 Å². The van der Waals surface area contributed by atoms with Crippen molar-refractivity contribution in [1.29, 1.82) is 0 Å². The number of fused-ring (bicyclic) bond motifs is 1. The first-order valence-corrected chi connectivity index (χ1v) is 17.1. The van der Waals surface area contributed by atoms with E-state index in [9.17, 15) is 14.4 Å². The number of nitrogens with zero attached hydrogens (tertiary/aromatic N) is 4. The lowest BCUT2D eigenvalue weighted by Crippen LogP contribution is -2.59. The summed E-state index contributed by atoms with van der Waals surface area (Å²) in [5, 5.41) is 3.01. The first kappa shape index (κ1) is 31.7. The molecule has 11 heteroatoms. The van der Waals surface area contributed by atoms with Crippen LogP contribution in [0, 0.1) is 12.3 Å². The Morgan fingerprint density at radius 1 is 1.04 bits per heavy atom. The maximum absolute atomic E-state index is 14.1. The van der Waals surface area contributed by atoms with E-state index in [1.54, 1.807) is 48.4 Å². The molecule has 2 saturated heterocycles. The predicted molar refractivity (Wildman–Crippen MR) is 187 cm³/mol. The molecule has 1 N–H and O–H groups in total. The highest BCUT2D eigenvalue weighted by Crippen LogP contribution is 2.43. The van der Waals surface area contributed by atoms with Gasteiger partial charge < -0.3 is 19.7 Å². The third kappa shape index (κ3) is 5.99. The summed E-state index contributed by atoms with van der Waals surface area (Å²) < 4.78 is 10.7. The Morgan fingerprint density at radius 2 is 1.79 bits per heavy atom. The van der Waals surface area contributed by atoms with Crippen molar-refractivity contribution in [3.63, 3.8) is 0 Å². The third-order valence-corrected chi connectivity index (χ3v) is 10.4. The number of pyridine rings is 1. The fourth-order valence-corrected chi connectivity index (χ4v) is 7.67. The number of hydrogen-bond acceptors (Lipinski definition) is 9. The SMILES string of the molecule is CCOC(=O)c1ccc(C2=Nc3ccccc3N(C(=O)c3ccc(NC(=O)c4cc(C)cnc4N4CC5(CCOCC5)C4)cc3)[C@@H]2C)s1. The highest BCUT2D eigenvalue weighted by molar-refractivity contribution is 7.16. The Labute approximate surface area is 283 Å². The molecule has 0 bridgehead atoms. The van der Waals surface area contributed by atoms with Crippen molar-refractivity contribution in [3.8, 4) is 0 Å². The Kier molecular flexibility index (Phi) is 8.57. The van der Waals surface area contributed by atoms with Crippen molar-refractivity contribution in [3.05, 3.63) is 99.4 Å². The van der Waals surface area contributed by atoms with Crippen molar-refractivity contribution >= 4 is 57.7 Å². The van der Waals surface area contributed by atoms with Gasteiger partial charge in [0.05, 0.1) is 40.2 Å². The van der Waals surface area contributed by atoms with Crippen molar-refractivity contribution in [2.75, 3.05) is 48.0 Å². The van der Waals surface area contributed by atoms with Crippen LogP contribution in [0.4, 0.5) is 22.9 Å². The van der Waals surface area contributed by atoms with Crippen LogP contribution in [0.5, 0.6) is 0 Å². The summed E-state index contributed by atoms with van der Waals surface area (Å²) in [5.74, 6) is -0.132. The second-order valence-corrected chi connectivity index (χ2v) is 13.7. The smallest absolute Gasteiger partial charge is 0.348 e. The van der Waals surface area contributed by atoms with Crippen LogP contribution in [0.3, 0.4) is 0 Å². The molecule has 2 aromatic heterocycles. The molecule has 4 aromatic rings. The van der Waals surface area contributed by atoms with Crippen LogP contribution in [0.2, 0.25) is 0 Å². The maximum atomic E-state index is 14.1. The summed E-state index contributed by atoms with van der Waals surface area (Å²) >= 11 is 1.30. The van der Waals surface area contributed by atoms with Crippen LogP contribution >= 0.6 is 11.3 Å². The fourth-order valence-electron chi connectivity index (χ4n) is 6.70. The lowest BCUT2D eigenvalue weighted by molar-refractivity contribution is -0.000512. The average molecular weight is 664 g/mol. The molecule has 0 radical (unpaired) electrons. The van der Waals surface area contributed by atoms with Crippen molar-refractivity contribution in [1.82, 2.24) is 4.98 Å². The normalized spacial score (nSPS) is 18.1. The number of carbonyl (C=O) groups is 3. The molecule has 3 aliphatic heterocycles. The number of para-hydroxylation sites is 2. The number of thiophene rings is 1. The number of esters is 1.